The molecule has 0 fully saturated rings. The molecular formula is C19H17BrFN5O2. The van der Waals surface area contributed by atoms with Crippen LogP contribution in [0.1, 0.15) is 10.4 Å². The first-order valence-corrected chi connectivity index (χ1v) is 9.16. The Morgan fingerprint density at radius 1 is 1.04 bits per heavy atom. The minimum Gasteiger partial charge on any atom is -0.395 e. The summed E-state index contributed by atoms with van der Waals surface area (Å²) in [4.78, 5) is 20.5. The molecule has 0 saturated heterocycles. The quantitative estimate of drug-likeness (QED) is 0.443. The Balaban J connectivity index is 1.70. The van der Waals surface area contributed by atoms with Gasteiger partial charge >= 0.3 is 0 Å². The standard InChI is InChI=1S/C19H17BrFN5O2/c20-16-11-23-19(26-17(16)24-14-7-3-13(21)4-8-14)25-15-5-1-12(2-6-15)18(28)22-9-10-27/h1-8,11,27H,9-10H2,(H,22,28)(H2,23,24,25,26). The van der Waals surface area contributed by atoms with Crippen LogP contribution in [0.4, 0.5) is 27.5 Å². The van der Waals surface area contributed by atoms with E-state index in [1.165, 1.54) is 12.1 Å². The maximum atomic E-state index is 13.0. The van der Waals surface area contributed by atoms with Crippen molar-refractivity contribution < 1.29 is 14.3 Å². The van der Waals surface area contributed by atoms with Crippen molar-refractivity contribution in [2.45, 2.75) is 0 Å². The molecule has 7 nitrogen and oxygen atoms in total. The fraction of sp³-hybridized carbons (Fsp3) is 0.105. The predicted octanol–water partition coefficient (Wildman–Crippen LogP) is 3.59. The lowest BCUT2D eigenvalue weighted by Crippen LogP contribution is -2.26. The average Bonchev–Trinajstić information content (AvgIpc) is 2.71. The van der Waals surface area contributed by atoms with Crippen LogP contribution in [0, 0.1) is 5.82 Å². The Bertz CT molecular complexity index is 952. The summed E-state index contributed by atoms with van der Waals surface area (Å²) in [6.07, 6.45) is 1.60. The van der Waals surface area contributed by atoms with Gasteiger partial charge in [-0.25, -0.2) is 9.37 Å². The molecule has 9 heteroatoms. The molecule has 0 bridgehead atoms. The van der Waals surface area contributed by atoms with Gasteiger partial charge in [-0.05, 0) is 64.5 Å². The second-order valence-corrected chi connectivity index (χ2v) is 6.56. The Kier molecular flexibility index (Phi) is 6.51. The molecule has 0 radical (unpaired) electrons. The number of amides is 1. The molecule has 3 aromatic rings. The maximum absolute atomic E-state index is 13.0. The summed E-state index contributed by atoms with van der Waals surface area (Å²) in [6, 6.07) is 12.7. The maximum Gasteiger partial charge on any atom is 0.251 e. The molecule has 0 unspecified atom stereocenters. The summed E-state index contributed by atoms with van der Waals surface area (Å²) in [5, 5.41) is 17.5. The van der Waals surface area contributed by atoms with Crippen LogP contribution in [0.2, 0.25) is 0 Å². The van der Waals surface area contributed by atoms with Crippen LogP contribution in [0.3, 0.4) is 0 Å². The van der Waals surface area contributed by atoms with E-state index in [1.54, 1.807) is 42.6 Å². The first-order valence-electron chi connectivity index (χ1n) is 8.36. The number of hydrogen-bond acceptors (Lipinski definition) is 6. The molecule has 0 aliphatic carbocycles. The number of aromatic nitrogens is 2. The molecule has 1 amide bonds. The van der Waals surface area contributed by atoms with Gasteiger partial charge in [0.2, 0.25) is 5.95 Å². The van der Waals surface area contributed by atoms with Crippen molar-refractivity contribution in [1.82, 2.24) is 15.3 Å². The van der Waals surface area contributed by atoms with Crippen LogP contribution in [-0.4, -0.2) is 34.1 Å². The molecule has 28 heavy (non-hydrogen) atoms. The molecular weight excluding hydrogens is 429 g/mol. The van der Waals surface area contributed by atoms with Crippen LogP contribution >= 0.6 is 15.9 Å². The Morgan fingerprint density at radius 2 is 1.68 bits per heavy atom. The van der Waals surface area contributed by atoms with Crippen LogP contribution in [0.15, 0.2) is 59.2 Å². The number of anilines is 4. The third-order valence-electron chi connectivity index (χ3n) is 3.65. The van der Waals surface area contributed by atoms with Crippen molar-refractivity contribution in [2.75, 3.05) is 23.8 Å². The molecule has 2 aromatic carbocycles. The van der Waals surface area contributed by atoms with Crippen molar-refractivity contribution >= 4 is 45.0 Å². The lowest BCUT2D eigenvalue weighted by Gasteiger charge is -2.11. The second-order valence-electron chi connectivity index (χ2n) is 5.70. The number of nitrogens with zero attached hydrogens (tertiary/aromatic N) is 2. The third-order valence-corrected chi connectivity index (χ3v) is 4.23. The Morgan fingerprint density at radius 3 is 2.36 bits per heavy atom. The summed E-state index contributed by atoms with van der Waals surface area (Å²) < 4.78 is 13.7. The van der Waals surface area contributed by atoms with Crippen molar-refractivity contribution in [3.8, 4) is 0 Å². The summed E-state index contributed by atoms with van der Waals surface area (Å²) in [5.41, 5.74) is 1.87. The normalized spacial score (nSPS) is 10.4. The topological polar surface area (TPSA) is 99.2 Å². The van der Waals surface area contributed by atoms with E-state index >= 15 is 0 Å². The number of carbonyl (C=O) groups is 1. The zero-order valence-electron chi connectivity index (χ0n) is 14.6. The summed E-state index contributed by atoms with van der Waals surface area (Å²) in [6.45, 7) is 0.0932. The first kappa shape index (κ1) is 19.7. The van der Waals surface area contributed by atoms with E-state index in [9.17, 15) is 9.18 Å². The van der Waals surface area contributed by atoms with Gasteiger partial charge in [0.1, 0.15) is 11.6 Å². The second kappa shape index (κ2) is 9.25. The number of aliphatic hydroxyl groups excluding tert-OH is 1. The smallest absolute Gasteiger partial charge is 0.251 e. The SMILES string of the molecule is O=C(NCCO)c1ccc(Nc2ncc(Br)c(Nc3ccc(F)cc3)n2)cc1. The number of rotatable bonds is 7. The predicted molar refractivity (Wildman–Crippen MR) is 109 cm³/mol. The molecule has 0 atom stereocenters. The number of halogens is 2. The molecule has 0 spiro atoms. The fourth-order valence-electron chi connectivity index (χ4n) is 2.29. The Labute approximate surface area is 169 Å². The van der Waals surface area contributed by atoms with Gasteiger partial charge in [0, 0.05) is 29.7 Å². The zero-order valence-corrected chi connectivity index (χ0v) is 16.2. The monoisotopic (exact) mass is 445 g/mol. The third kappa shape index (κ3) is 5.24. The Hall–Kier alpha value is -3.04. The number of hydrogen-bond donors (Lipinski definition) is 4. The van der Waals surface area contributed by atoms with Gasteiger partial charge in [0.15, 0.2) is 0 Å². The van der Waals surface area contributed by atoms with E-state index < -0.39 is 0 Å². The molecule has 3 rings (SSSR count). The highest BCUT2D eigenvalue weighted by molar-refractivity contribution is 9.10. The number of aliphatic hydroxyl groups is 1. The van der Waals surface area contributed by atoms with Gasteiger partial charge < -0.3 is 21.1 Å². The van der Waals surface area contributed by atoms with Gasteiger partial charge in [0.05, 0.1) is 11.1 Å². The van der Waals surface area contributed by atoms with Gasteiger partial charge in [-0.1, -0.05) is 0 Å². The van der Waals surface area contributed by atoms with E-state index in [4.69, 9.17) is 5.11 Å². The highest BCUT2D eigenvalue weighted by atomic mass is 79.9. The van der Waals surface area contributed by atoms with Gasteiger partial charge in [-0.15, -0.1) is 0 Å². The lowest BCUT2D eigenvalue weighted by molar-refractivity contribution is 0.0945. The molecule has 0 aliphatic heterocycles. The van der Waals surface area contributed by atoms with Crippen molar-refractivity contribution in [1.29, 1.82) is 0 Å². The number of benzene rings is 2. The first-order chi connectivity index (χ1) is 13.5. The van der Waals surface area contributed by atoms with Gasteiger partial charge in [-0.2, -0.15) is 4.98 Å². The average molecular weight is 446 g/mol. The molecule has 1 aromatic heterocycles. The van der Waals surface area contributed by atoms with Crippen LogP contribution in [0.5, 0.6) is 0 Å². The van der Waals surface area contributed by atoms with E-state index in [1.807, 2.05) is 0 Å². The molecule has 1 heterocycles. The largest absolute Gasteiger partial charge is 0.395 e. The summed E-state index contributed by atoms with van der Waals surface area (Å²) in [7, 11) is 0. The summed E-state index contributed by atoms with van der Waals surface area (Å²) >= 11 is 3.38. The van der Waals surface area contributed by atoms with Gasteiger partial charge in [0.25, 0.3) is 5.91 Å². The highest BCUT2D eigenvalue weighted by Crippen LogP contribution is 2.25. The molecule has 4 N–H and O–H groups in total. The van der Waals surface area contributed by atoms with E-state index in [0.717, 1.165) is 0 Å². The van der Waals surface area contributed by atoms with E-state index in [0.29, 0.717) is 33.2 Å². The van der Waals surface area contributed by atoms with Crippen molar-refractivity contribution in [3.63, 3.8) is 0 Å². The zero-order chi connectivity index (χ0) is 19.9. The van der Waals surface area contributed by atoms with E-state index in [2.05, 4.69) is 41.8 Å². The van der Waals surface area contributed by atoms with Crippen LogP contribution < -0.4 is 16.0 Å². The van der Waals surface area contributed by atoms with Crippen LogP contribution in [0.25, 0.3) is 0 Å². The molecule has 0 saturated carbocycles. The summed E-state index contributed by atoms with van der Waals surface area (Å²) in [5.74, 6) is 0.295. The van der Waals surface area contributed by atoms with E-state index in [-0.39, 0.29) is 24.9 Å². The van der Waals surface area contributed by atoms with Gasteiger partial charge in [-0.3, -0.25) is 4.79 Å². The fourth-order valence-corrected chi connectivity index (χ4v) is 2.58. The van der Waals surface area contributed by atoms with Crippen molar-refractivity contribution in [2.24, 2.45) is 0 Å². The lowest BCUT2D eigenvalue weighted by atomic mass is 10.2. The number of nitrogens with one attached hydrogen (secondary N) is 3. The molecule has 144 valence electrons. The minimum absolute atomic E-state index is 0.111. The van der Waals surface area contributed by atoms with Crippen molar-refractivity contribution in [3.05, 3.63) is 70.6 Å². The molecule has 0 aliphatic rings. The minimum atomic E-state index is -0.317. The highest BCUT2D eigenvalue weighted by Gasteiger charge is 2.08. The number of carbonyl (C=O) groups excluding carboxylic acids is 1. The van der Waals surface area contributed by atoms with Crippen LogP contribution in [-0.2, 0) is 0 Å².